The van der Waals surface area contributed by atoms with Crippen molar-refractivity contribution < 1.29 is 9.59 Å². The summed E-state index contributed by atoms with van der Waals surface area (Å²) < 4.78 is 2.16. The zero-order valence-corrected chi connectivity index (χ0v) is 19.5. The van der Waals surface area contributed by atoms with E-state index in [4.69, 9.17) is 0 Å². The summed E-state index contributed by atoms with van der Waals surface area (Å²) in [6, 6.07) is 21.2. The maximum atomic E-state index is 13.0. The lowest BCUT2D eigenvalue weighted by Gasteiger charge is -2.17. The second-order valence-electron chi connectivity index (χ2n) is 8.32. The minimum Gasteiger partial charge on any atom is -0.343 e. The van der Waals surface area contributed by atoms with Gasteiger partial charge in [0.2, 0.25) is 0 Å². The van der Waals surface area contributed by atoms with E-state index in [1.807, 2.05) is 49.1 Å². The monoisotopic (exact) mass is 455 g/mol. The Bertz CT molecular complexity index is 1320. The summed E-state index contributed by atoms with van der Waals surface area (Å²) in [6.45, 7) is 5.45. The Kier molecular flexibility index (Phi) is 5.60. The van der Waals surface area contributed by atoms with Crippen LogP contribution in [0.1, 0.15) is 42.5 Å². The van der Waals surface area contributed by atoms with Crippen molar-refractivity contribution in [3.8, 4) is 0 Å². The number of fused-ring (bicyclic) bond motifs is 1. The number of rotatable bonds is 5. The van der Waals surface area contributed by atoms with Crippen molar-refractivity contribution in [2.75, 3.05) is 16.8 Å². The number of benzene rings is 2. The van der Waals surface area contributed by atoms with Crippen LogP contribution in [-0.4, -0.2) is 22.9 Å². The second-order valence-corrected chi connectivity index (χ2v) is 9.35. The zero-order valence-electron chi connectivity index (χ0n) is 18.7. The van der Waals surface area contributed by atoms with Crippen LogP contribution in [0.3, 0.4) is 0 Å². The Labute approximate surface area is 197 Å². The van der Waals surface area contributed by atoms with Gasteiger partial charge in [0.05, 0.1) is 12.1 Å². The molecule has 1 aliphatic rings. The minimum absolute atomic E-state index is 0.0186. The molecule has 0 aliphatic carbocycles. The van der Waals surface area contributed by atoms with Gasteiger partial charge in [0.25, 0.3) is 11.8 Å². The first-order chi connectivity index (χ1) is 16.0. The molecule has 0 bridgehead atoms. The molecule has 0 saturated heterocycles. The first-order valence-corrected chi connectivity index (χ1v) is 11.9. The van der Waals surface area contributed by atoms with E-state index in [0.29, 0.717) is 23.4 Å². The fourth-order valence-electron chi connectivity index (χ4n) is 4.43. The highest BCUT2D eigenvalue weighted by Gasteiger charge is 2.25. The van der Waals surface area contributed by atoms with Crippen LogP contribution in [0.5, 0.6) is 0 Å². The maximum Gasteiger partial charge on any atom is 0.258 e. The van der Waals surface area contributed by atoms with E-state index in [-0.39, 0.29) is 11.8 Å². The second kappa shape index (κ2) is 8.71. The van der Waals surface area contributed by atoms with Crippen LogP contribution < -0.4 is 10.2 Å². The predicted octanol–water partition coefficient (Wildman–Crippen LogP) is 5.67. The van der Waals surface area contributed by atoms with Crippen LogP contribution >= 0.6 is 11.3 Å². The van der Waals surface area contributed by atoms with E-state index in [9.17, 15) is 9.59 Å². The van der Waals surface area contributed by atoms with Gasteiger partial charge >= 0.3 is 0 Å². The predicted molar refractivity (Wildman–Crippen MR) is 134 cm³/mol. The first kappa shape index (κ1) is 21.2. The van der Waals surface area contributed by atoms with Gasteiger partial charge in [-0.3, -0.25) is 9.59 Å². The topological polar surface area (TPSA) is 54.3 Å². The molecule has 2 amide bonds. The van der Waals surface area contributed by atoms with Crippen molar-refractivity contribution in [1.29, 1.82) is 0 Å². The Morgan fingerprint density at radius 2 is 1.79 bits per heavy atom. The smallest absolute Gasteiger partial charge is 0.258 e. The third-order valence-corrected chi connectivity index (χ3v) is 7.10. The number of nitrogens with zero attached hydrogens (tertiary/aromatic N) is 2. The van der Waals surface area contributed by atoms with E-state index in [0.717, 1.165) is 30.0 Å². The summed E-state index contributed by atoms with van der Waals surface area (Å²) >= 11 is 1.71. The third kappa shape index (κ3) is 4.10. The number of carbonyl (C=O) groups is 2. The maximum absolute atomic E-state index is 13.0. The number of aryl methyl sites for hydroxylation is 1. The molecule has 0 spiro atoms. The Morgan fingerprint density at radius 3 is 2.55 bits per heavy atom. The lowest BCUT2D eigenvalue weighted by atomic mass is 10.1. The molecule has 3 heterocycles. The molecule has 6 heteroatoms. The number of anilines is 2. The number of carbonyl (C=O) groups excluding carboxylic acids is 2. The Hall–Kier alpha value is -3.64. The summed E-state index contributed by atoms with van der Waals surface area (Å²) in [5.41, 5.74) is 6.12. The number of hydrogen-bond donors (Lipinski definition) is 1. The fourth-order valence-corrected chi connectivity index (χ4v) is 5.13. The van der Waals surface area contributed by atoms with Crippen LogP contribution in [0.25, 0.3) is 0 Å². The quantitative estimate of drug-likeness (QED) is 0.422. The highest BCUT2D eigenvalue weighted by atomic mass is 32.1. The standard InChI is InChI=1S/C27H25N3O2S/c1-18-16-24(19(2)30(18)17-23-7-5-15-33-23)26(31)28-22-11-9-21(10-12-22)27(32)29-14-13-20-6-3-4-8-25(20)29/h3-12,15-16H,13-14,17H2,1-2H3,(H,28,31). The highest BCUT2D eigenvalue weighted by molar-refractivity contribution is 7.09. The first-order valence-electron chi connectivity index (χ1n) is 11.0. The van der Waals surface area contributed by atoms with Gasteiger partial charge in [-0.2, -0.15) is 0 Å². The molecule has 166 valence electrons. The van der Waals surface area contributed by atoms with E-state index in [1.54, 1.807) is 35.6 Å². The van der Waals surface area contributed by atoms with Crippen LogP contribution in [-0.2, 0) is 13.0 Å². The number of aromatic nitrogens is 1. The largest absolute Gasteiger partial charge is 0.343 e. The summed E-state index contributed by atoms with van der Waals surface area (Å²) in [4.78, 5) is 29.1. The molecular formula is C27H25N3O2S. The molecule has 0 atom stereocenters. The van der Waals surface area contributed by atoms with Gasteiger partial charge in [-0.1, -0.05) is 24.3 Å². The van der Waals surface area contributed by atoms with Crippen molar-refractivity contribution in [1.82, 2.24) is 4.57 Å². The molecule has 4 aromatic rings. The van der Waals surface area contributed by atoms with Crippen LogP contribution in [0.4, 0.5) is 11.4 Å². The van der Waals surface area contributed by atoms with Gasteiger partial charge in [-0.15, -0.1) is 11.3 Å². The van der Waals surface area contributed by atoms with Crippen molar-refractivity contribution in [3.05, 3.63) is 105 Å². The fraction of sp³-hybridized carbons (Fsp3) is 0.185. The molecule has 33 heavy (non-hydrogen) atoms. The van der Waals surface area contributed by atoms with Crippen LogP contribution in [0.15, 0.2) is 72.1 Å². The summed E-state index contributed by atoms with van der Waals surface area (Å²) in [7, 11) is 0. The van der Waals surface area contributed by atoms with Gasteiger partial charge in [0.15, 0.2) is 0 Å². The lowest BCUT2D eigenvalue weighted by Crippen LogP contribution is -2.28. The van der Waals surface area contributed by atoms with Crippen molar-refractivity contribution >= 4 is 34.5 Å². The summed E-state index contributed by atoms with van der Waals surface area (Å²) in [6.07, 6.45) is 0.876. The molecule has 2 aromatic heterocycles. The van der Waals surface area contributed by atoms with Crippen molar-refractivity contribution in [3.63, 3.8) is 0 Å². The van der Waals surface area contributed by atoms with Gasteiger partial charge < -0.3 is 14.8 Å². The third-order valence-electron chi connectivity index (χ3n) is 6.23. The molecule has 1 N–H and O–H groups in total. The summed E-state index contributed by atoms with van der Waals surface area (Å²) in [5, 5.41) is 5.04. The van der Waals surface area contributed by atoms with E-state index in [1.165, 1.54) is 10.4 Å². The molecular weight excluding hydrogens is 430 g/mol. The Balaban J connectivity index is 1.29. The average Bonchev–Trinajstić information content (AvgIpc) is 3.55. The Morgan fingerprint density at radius 1 is 1.00 bits per heavy atom. The van der Waals surface area contributed by atoms with Gasteiger partial charge in [-0.25, -0.2) is 0 Å². The molecule has 0 radical (unpaired) electrons. The molecule has 0 saturated carbocycles. The normalized spacial score (nSPS) is 12.6. The van der Waals surface area contributed by atoms with Crippen LogP contribution in [0, 0.1) is 13.8 Å². The van der Waals surface area contributed by atoms with Crippen LogP contribution in [0.2, 0.25) is 0 Å². The number of thiophene rings is 1. The van der Waals surface area contributed by atoms with E-state index in [2.05, 4.69) is 27.4 Å². The number of hydrogen-bond acceptors (Lipinski definition) is 3. The molecule has 5 nitrogen and oxygen atoms in total. The number of nitrogens with one attached hydrogen (secondary N) is 1. The van der Waals surface area contributed by atoms with Gasteiger partial charge in [0, 0.05) is 39.7 Å². The van der Waals surface area contributed by atoms with Gasteiger partial charge in [-0.05, 0) is 73.7 Å². The summed E-state index contributed by atoms with van der Waals surface area (Å²) in [5.74, 6) is -0.164. The molecule has 5 rings (SSSR count). The zero-order chi connectivity index (χ0) is 22.9. The minimum atomic E-state index is -0.145. The highest BCUT2D eigenvalue weighted by Crippen LogP contribution is 2.29. The van der Waals surface area contributed by atoms with E-state index < -0.39 is 0 Å². The van der Waals surface area contributed by atoms with Crippen molar-refractivity contribution in [2.24, 2.45) is 0 Å². The number of para-hydroxylation sites is 1. The number of amides is 2. The van der Waals surface area contributed by atoms with Crippen molar-refractivity contribution in [2.45, 2.75) is 26.8 Å². The van der Waals surface area contributed by atoms with E-state index >= 15 is 0 Å². The molecule has 0 unspecified atom stereocenters. The molecule has 2 aromatic carbocycles. The SMILES string of the molecule is Cc1cc(C(=O)Nc2ccc(C(=O)N3CCc4ccccc43)cc2)c(C)n1Cc1cccs1. The lowest BCUT2D eigenvalue weighted by molar-refractivity contribution is 0.0988. The molecule has 1 aliphatic heterocycles. The average molecular weight is 456 g/mol. The van der Waals surface area contributed by atoms with Gasteiger partial charge in [0.1, 0.15) is 0 Å². The molecule has 0 fully saturated rings.